The first-order chi connectivity index (χ1) is 8.15. The van der Waals surface area contributed by atoms with Crippen LogP contribution in [0.2, 0.25) is 0 Å². The van der Waals surface area contributed by atoms with E-state index in [4.69, 9.17) is 4.74 Å². The summed E-state index contributed by atoms with van der Waals surface area (Å²) in [7, 11) is 0. The summed E-state index contributed by atoms with van der Waals surface area (Å²) < 4.78 is 4.70. The van der Waals surface area contributed by atoms with E-state index in [0.29, 0.717) is 0 Å². The highest BCUT2D eigenvalue weighted by Crippen LogP contribution is 2.45. The summed E-state index contributed by atoms with van der Waals surface area (Å²) in [6, 6.07) is 0.0562. The van der Waals surface area contributed by atoms with Gasteiger partial charge in [-0.15, -0.1) is 0 Å². The molecule has 1 saturated carbocycles. The van der Waals surface area contributed by atoms with Gasteiger partial charge in [0.15, 0.2) is 0 Å². The number of hydrogen-bond donors (Lipinski definition) is 1. The number of rotatable bonds is 2. The molecule has 0 heterocycles. The van der Waals surface area contributed by atoms with Gasteiger partial charge in [0.1, 0.15) is 0 Å². The summed E-state index contributed by atoms with van der Waals surface area (Å²) in [4.78, 5) is 22.9. The highest BCUT2D eigenvalue weighted by Gasteiger charge is 2.39. The first-order valence-electron chi connectivity index (χ1n) is 6.63. The van der Waals surface area contributed by atoms with Crippen molar-refractivity contribution in [3.05, 3.63) is 0 Å². The summed E-state index contributed by atoms with van der Waals surface area (Å²) in [5, 5.41) is 2.80. The van der Waals surface area contributed by atoms with Gasteiger partial charge in [-0.3, -0.25) is 4.79 Å². The maximum atomic E-state index is 11.6. The van der Waals surface area contributed by atoms with Crippen LogP contribution in [0.25, 0.3) is 0 Å². The summed E-state index contributed by atoms with van der Waals surface area (Å²) in [5.74, 6) is -1.39. The number of esters is 1. The van der Waals surface area contributed by atoms with Gasteiger partial charge in [0, 0.05) is 6.04 Å². The van der Waals surface area contributed by atoms with Crippen LogP contribution in [0.15, 0.2) is 0 Å². The van der Waals surface area contributed by atoms with E-state index in [9.17, 15) is 9.59 Å². The lowest BCUT2D eigenvalue weighted by Crippen LogP contribution is -2.48. The van der Waals surface area contributed by atoms with Crippen molar-refractivity contribution in [3.8, 4) is 0 Å². The Hall–Kier alpha value is -1.06. The molecule has 0 radical (unpaired) electrons. The van der Waals surface area contributed by atoms with Crippen molar-refractivity contribution in [2.75, 3.05) is 6.61 Å². The molecule has 1 N–H and O–H groups in total. The number of hydrogen-bond acceptors (Lipinski definition) is 3. The van der Waals surface area contributed by atoms with Crippen LogP contribution >= 0.6 is 0 Å². The minimum absolute atomic E-state index is 0.0562. The molecule has 4 nitrogen and oxygen atoms in total. The number of carbonyl (C=O) groups is 2. The quantitative estimate of drug-likeness (QED) is 0.608. The van der Waals surface area contributed by atoms with Crippen molar-refractivity contribution in [1.82, 2.24) is 5.32 Å². The number of ether oxygens (including phenoxy) is 1. The molecule has 0 aromatic carbocycles. The average molecular weight is 255 g/mol. The molecule has 0 bridgehead atoms. The minimum atomic E-state index is -0.779. The molecule has 1 fully saturated rings. The lowest BCUT2D eigenvalue weighted by atomic mass is 9.63. The highest BCUT2D eigenvalue weighted by molar-refractivity contribution is 6.32. The molecule has 0 aromatic rings. The third-order valence-electron chi connectivity index (χ3n) is 3.35. The van der Waals surface area contributed by atoms with Crippen LogP contribution in [0.3, 0.4) is 0 Å². The fourth-order valence-electron chi connectivity index (χ4n) is 3.39. The number of carbonyl (C=O) groups excluding carboxylic acids is 2. The predicted molar refractivity (Wildman–Crippen MR) is 70.0 cm³/mol. The van der Waals surface area contributed by atoms with Gasteiger partial charge in [0.25, 0.3) is 0 Å². The van der Waals surface area contributed by atoms with E-state index in [1.807, 2.05) is 0 Å². The molecule has 0 aromatic heterocycles. The summed E-state index contributed by atoms with van der Waals surface area (Å²) >= 11 is 0. The molecule has 0 saturated heterocycles. The van der Waals surface area contributed by atoms with Crippen LogP contribution in [0.5, 0.6) is 0 Å². The van der Waals surface area contributed by atoms with E-state index in [2.05, 4.69) is 33.0 Å². The topological polar surface area (TPSA) is 55.4 Å². The predicted octanol–water partition coefficient (Wildman–Crippen LogP) is 2.27. The van der Waals surface area contributed by atoms with Crippen LogP contribution < -0.4 is 5.32 Å². The molecule has 18 heavy (non-hydrogen) atoms. The van der Waals surface area contributed by atoms with E-state index in [0.717, 1.165) is 19.3 Å². The van der Waals surface area contributed by atoms with Crippen molar-refractivity contribution < 1.29 is 14.3 Å². The molecular weight excluding hydrogens is 230 g/mol. The molecule has 104 valence electrons. The fraction of sp³-hybridized carbons (Fsp3) is 0.857. The van der Waals surface area contributed by atoms with E-state index in [-0.39, 0.29) is 23.5 Å². The molecular formula is C14H25NO3. The Labute approximate surface area is 109 Å². The maximum absolute atomic E-state index is 11.6. The Balaban J connectivity index is 2.62. The largest absolute Gasteiger partial charge is 0.459 e. The highest BCUT2D eigenvalue weighted by atomic mass is 16.5. The van der Waals surface area contributed by atoms with Crippen LogP contribution in [0.1, 0.15) is 53.9 Å². The van der Waals surface area contributed by atoms with Gasteiger partial charge in [-0.1, -0.05) is 27.7 Å². The van der Waals surface area contributed by atoms with Crippen molar-refractivity contribution in [3.63, 3.8) is 0 Å². The van der Waals surface area contributed by atoms with Crippen LogP contribution in [-0.2, 0) is 14.3 Å². The molecule has 0 spiro atoms. The van der Waals surface area contributed by atoms with E-state index in [1.54, 1.807) is 6.92 Å². The first-order valence-corrected chi connectivity index (χ1v) is 6.63. The van der Waals surface area contributed by atoms with Crippen molar-refractivity contribution in [1.29, 1.82) is 0 Å². The minimum Gasteiger partial charge on any atom is -0.459 e. The maximum Gasteiger partial charge on any atom is 0.396 e. The van der Waals surface area contributed by atoms with Gasteiger partial charge in [-0.2, -0.15) is 0 Å². The Morgan fingerprint density at radius 2 is 1.67 bits per heavy atom. The van der Waals surface area contributed by atoms with Crippen LogP contribution in [0.4, 0.5) is 0 Å². The molecule has 1 amide bonds. The molecule has 1 aliphatic rings. The molecule has 1 rings (SSSR count). The van der Waals surface area contributed by atoms with Gasteiger partial charge >= 0.3 is 11.9 Å². The molecule has 1 aliphatic carbocycles. The zero-order valence-corrected chi connectivity index (χ0v) is 12.1. The van der Waals surface area contributed by atoms with Gasteiger partial charge in [0.2, 0.25) is 0 Å². The van der Waals surface area contributed by atoms with Crippen LogP contribution in [0, 0.1) is 10.8 Å². The SMILES string of the molecule is CCOC(=O)C(=O)NC1CC(C)(C)CC(C)(C)C1. The molecule has 0 aliphatic heterocycles. The lowest BCUT2D eigenvalue weighted by molar-refractivity contribution is -0.155. The van der Waals surface area contributed by atoms with E-state index in [1.165, 1.54) is 0 Å². The van der Waals surface area contributed by atoms with Gasteiger partial charge in [0.05, 0.1) is 6.61 Å². The normalized spacial score (nSPS) is 22.3. The van der Waals surface area contributed by atoms with Gasteiger partial charge in [-0.25, -0.2) is 4.79 Å². The first kappa shape index (κ1) is 15.0. The smallest absolute Gasteiger partial charge is 0.396 e. The summed E-state index contributed by atoms with van der Waals surface area (Å²) in [6.45, 7) is 10.7. The average Bonchev–Trinajstić information content (AvgIpc) is 2.12. The standard InChI is InChI=1S/C14H25NO3/c1-6-18-12(17)11(16)15-10-7-13(2,3)9-14(4,5)8-10/h10H,6-9H2,1-5H3,(H,15,16). The summed E-state index contributed by atoms with van der Waals surface area (Å²) in [6.07, 6.45) is 2.94. The Kier molecular flexibility index (Phi) is 4.41. The summed E-state index contributed by atoms with van der Waals surface area (Å²) in [5.41, 5.74) is 0.378. The number of nitrogens with one attached hydrogen (secondary N) is 1. The Bertz CT molecular complexity index is 318. The third kappa shape index (κ3) is 4.31. The van der Waals surface area contributed by atoms with Crippen molar-refractivity contribution >= 4 is 11.9 Å². The lowest BCUT2D eigenvalue weighted by Gasteiger charge is -2.45. The Morgan fingerprint density at radius 1 is 1.17 bits per heavy atom. The second-order valence-electron chi connectivity index (χ2n) is 6.80. The van der Waals surface area contributed by atoms with Crippen molar-refractivity contribution in [2.45, 2.75) is 59.9 Å². The monoisotopic (exact) mass is 255 g/mol. The van der Waals surface area contributed by atoms with E-state index < -0.39 is 11.9 Å². The zero-order chi connectivity index (χ0) is 14.0. The second-order valence-corrected chi connectivity index (χ2v) is 6.80. The molecule has 4 heteroatoms. The fourth-order valence-corrected chi connectivity index (χ4v) is 3.39. The van der Waals surface area contributed by atoms with E-state index >= 15 is 0 Å². The van der Waals surface area contributed by atoms with Crippen molar-refractivity contribution in [2.24, 2.45) is 10.8 Å². The number of amides is 1. The van der Waals surface area contributed by atoms with Gasteiger partial charge in [-0.05, 0) is 37.0 Å². The van der Waals surface area contributed by atoms with Crippen LogP contribution in [-0.4, -0.2) is 24.5 Å². The molecule has 0 atom stereocenters. The van der Waals surface area contributed by atoms with Gasteiger partial charge < -0.3 is 10.1 Å². The zero-order valence-electron chi connectivity index (χ0n) is 12.1. The molecule has 0 unspecified atom stereocenters. The third-order valence-corrected chi connectivity index (χ3v) is 3.35. The second kappa shape index (κ2) is 5.29. The Morgan fingerprint density at radius 3 is 2.11 bits per heavy atom.